The fraction of sp³-hybridized carbons (Fsp3) is 0.333. The maximum absolute atomic E-state index is 12.2. The molecule has 0 bridgehead atoms. The molecule has 114 valence electrons. The van der Waals surface area contributed by atoms with Gasteiger partial charge in [0.1, 0.15) is 0 Å². The first-order chi connectivity index (χ1) is 10.0. The van der Waals surface area contributed by atoms with E-state index in [1.165, 1.54) is 36.2 Å². The van der Waals surface area contributed by atoms with Crippen molar-refractivity contribution in [3.63, 3.8) is 0 Å². The molecule has 21 heavy (non-hydrogen) atoms. The van der Waals surface area contributed by atoms with Crippen molar-refractivity contribution in [2.75, 3.05) is 4.72 Å². The van der Waals surface area contributed by atoms with E-state index in [0.29, 0.717) is 14.4 Å². The van der Waals surface area contributed by atoms with Gasteiger partial charge in [-0.15, -0.1) is 11.3 Å². The fourth-order valence-corrected chi connectivity index (χ4v) is 5.39. The smallest absolute Gasteiger partial charge is 0.272 e. The monoisotopic (exact) mass is 387 g/mol. The lowest BCUT2D eigenvalue weighted by atomic mass is 10.1. The summed E-state index contributed by atoms with van der Waals surface area (Å²) < 4.78 is 28.0. The van der Waals surface area contributed by atoms with Gasteiger partial charge in [0.2, 0.25) is 0 Å². The molecular formula is C15H18BrNO2S2. The number of rotatable bonds is 7. The van der Waals surface area contributed by atoms with Crippen LogP contribution in [0.25, 0.3) is 0 Å². The van der Waals surface area contributed by atoms with Gasteiger partial charge in [-0.3, -0.25) is 4.72 Å². The Kier molecular flexibility index (Phi) is 5.84. The second-order valence-electron chi connectivity index (χ2n) is 4.82. The number of unbranched alkanes of at least 4 members (excludes halogenated alkanes) is 2. The molecule has 2 aromatic rings. The zero-order valence-electron chi connectivity index (χ0n) is 11.8. The molecule has 0 unspecified atom stereocenters. The summed E-state index contributed by atoms with van der Waals surface area (Å²) in [6.07, 6.45) is 4.63. The molecule has 1 N–H and O–H groups in total. The Bertz CT molecular complexity index is 678. The summed E-state index contributed by atoms with van der Waals surface area (Å²) in [5.41, 5.74) is 1.83. The highest BCUT2D eigenvalue weighted by atomic mass is 79.9. The van der Waals surface area contributed by atoms with E-state index in [9.17, 15) is 8.42 Å². The fourth-order valence-electron chi connectivity index (χ4n) is 1.99. The third-order valence-corrected chi connectivity index (χ3v) is 7.15. The topological polar surface area (TPSA) is 46.2 Å². The average molecular weight is 388 g/mol. The Labute approximate surface area is 138 Å². The number of nitrogens with one attached hydrogen (secondary N) is 1. The van der Waals surface area contributed by atoms with E-state index in [0.717, 1.165) is 6.42 Å². The summed E-state index contributed by atoms with van der Waals surface area (Å²) in [7, 11) is -3.51. The van der Waals surface area contributed by atoms with Crippen molar-refractivity contribution in [3.05, 3.63) is 45.7 Å². The van der Waals surface area contributed by atoms with E-state index < -0.39 is 10.0 Å². The lowest BCUT2D eigenvalue weighted by Gasteiger charge is -2.08. The number of benzene rings is 1. The molecule has 0 radical (unpaired) electrons. The first-order valence-corrected chi connectivity index (χ1v) is 10.0. The summed E-state index contributed by atoms with van der Waals surface area (Å²) >= 11 is 4.45. The lowest BCUT2D eigenvalue weighted by molar-refractivity contribution is 0.603. The Hall–Kier alpha value is -0.850. The van der Waals surface area contributed by atoms with E-state index in [1.807, 2.05) is 24.3 Å². The highest BCUT2D eigenvalue weighted by Gasteiger charge is 2.19. The number of halogens is 1. The van der Waals surface area contributed by atoms with Crippen molar-refractivity contribution in [1.82, 2.24) is 0 Å². The molecule has 0 aliphatic heterocycles. The Morgan fingerprint density at radius 2 is 1.86 bits per heavy atom. The molecule has 0 atom stereocenters. The van der Waals surface area contributed by atoms with Gasteiger partial charge in [0.15, 0.2) is 4.21 Å². The summed E-state index contributed by atoms with van der Waals surface area (Å²) in [5, 5.41) is 1.75. The number of hydrogen-bond acceptors (Lipinski definition) is 3. The summed E-state index contributed by atoms with van der Waals surface area (Å²) in [6, 6.07) is 9.34. The highest BCUT2D eigenvalue weighted by molar-refractivity contribution is 9.10. The molecule has 0 spiro atoms. The van der Waals surface area contributed by atoms with Gasteiger partial charge in [-0.1, -0.05) is 31.9 Å². The molecule has 0 amide bonds. The quantitative estimate of drug-likeness (QED) is 0.675. The van der Waals surface area contributed by atoms with Crippen LogP contribution in [0.15, 0.2) is 44.4 Å². The zero-order valence-corrected chi connectivity index (χ0v) is 15.0. The molecule has 6 heteroatoms. The van der Waals surface area contributed by atoms with Gasteiger partial charge in [0.25, 0.3) is 10.0 Å². The van der Waals surface area contributed by atoms with Crippen LogP contribution in [0.2, 0.25) is 0 Å². The summed E-state index contributed by atoms with van der Waals surface area (Å²) in [4.78, 5) is 0. The van der Waals surface area contributed by atoms with Gasteiger partial charge < -0.3 is 0 Å². The summed E-state index contributed by atoms with van der Waals surface area (Å²) in [6.45, 7) is 2.18. The maximum atomic E-state index is 12.2. The molecule has 0 fully saturated rings. The minimum Gasteiger partial charge on any atom is -0.279 e. The van der Waals surface area contributed by atoms with Crippen LogP contribution in [-0.2, 0) is 16.4 Å². The molecule has 0 aliphatic rings. The zero-order chi connectivity index (χ0) is 15.3. The van der Waals surface area contributed by atoms with Gasteiger partial charge >= 0.3 is 0 Å². The minimum absolute atomic E-state index is 0.300. The van der Waals surface area contributed by atoms with Crippen molar-refractivity contribution in [2.45, 2.75) is 36.8 Å². The molecular weight excluding hydrogens is 370 g/mol. The molecule has 1 heterocycles. The number of thiophene rings is 1. The van der Waals surface area contributed by atoms with Gasteiger partial charge in [-0.2, -0.15) is 0 Å². The van der Waals surface area contributed by atoms with Crippen molar-refractivity contribution < 1.29 is 8.42 Å². The molecule has 2 rings (SSSR count). The average Bonchev–Trinajstić information content (AvgIpc) is 2.88. The Balaban J connectivity index is 2.05. The Morgan fingerprint density at radius 3 is 2.43 bits per heavy atom. The van der Waals surface area contributed by atoms with E-state index in [-0.39, 0.29) is 0 Å². The van der Waals surface area contributed by atoms with Crippen LogP contribution in [0, 0.1) is 0 Å². The van der Waals surface area contributed by atoms with Gasteiger partial charge in [0.05, 0.1) is 0 Å². The molecule has 3 nitrogen and oxygen atoms in total. The largest absolute Gasteiger partial charge is 0.279 e. The van der Waals surface area contributed by atoms with Gasteiger partial charge in [0, 0.05) is 10.2 Å². The second-order valence-corrected chi connectivity index (χ2v) is 8.46. The van der Waals surface area contributed by atoms with Crippen LogP contribution < -0.4 is 4.72 Å². The van der Waals surface area contributed by atoms with Crippen LogP contribution in [0.4, 0.5) is 5.69 Å². The first kappa shape index (κ1) is 16.5. The van der Waals surface area contributed by atoms with Crippen molar-refractivity contribution in [1.29, 1.82) is 0 Å². The van der Waals surface area contributed by atoms with Crippen molar-refractivity contribution >= 4 is 43.0 Å². The first-order valence-electron chi connectivity index (χ1n) is 6.87. The molecule has 0 aliphatic carbocycles. The standard InChI is InChI=1S/C15H18BrNO2S2/c1-2-3-4-5-12-6-8-13(9-7-12)17-21(18,19)15-14(16)10-11-20-15/h6-11,17H,2-5H2,1H3. The van der Waals surface area contributed by atoms with E-state index in [4.69, 9.17) is 0 Å². The highest BCUT2D eigenvalue weighted by Crippen LogP contribution is 2.29. The number of aryl methyl sites for hydroxylation is 1. The van der Waals surface area contributed by atoms with Crippen LogP contribution in [0.5, 0.6) is 0 Å². The molecule has 0 saturated heterocycles. The van der Waals surface area contributed by atoms with E-state index in [2.05, 4.69) is 27.6 Å². The maximum Gasteiger partial charge on any atom is 0.272 e. The van der Waals surface area contributed by atoms with Crippen LogP contribution in [-0.4, -0.2) is 8.42 Å². The SMILES string of the molecule is CCCCCc1ccc(NS(=O)(=O)c2sccc2Br)cc1. The van der Waals surface area contributed by atoms with Crippen LogP contribution >= 0.6 is 27.3 Å². The van der Waals surface area contributed by atoms with Crippen molar-refractivity contribution in [2.24, 2.45) is 0 Å². The van der Waals surface area contributed by atoms with Gasteiger partial charge in [-0.05, 0) is 57.9 Å². The normalized spacial score (nSPS) is 11.5. The predicted octanol–water partition coefficient (Wildman–Crippen LogP) is 5.04. The van der Waals surface area contributed by atoms with E-state index >= 15 is 0 Å². The molecule has 1 aromatic heterocycles. The van der Waals surface area contributed by atoms with Crippen molar-refractivity contribution in [3.8, 4) is 0 Å². The molecule has 1 aromatic carbocycles. The van der Waals surface area contributed by atoms with E-state index in [1.54, 1.807) is 11.4 Å². The third kappa shape index (κ3) is 4.56. The molecule has 0 saturated carbocycles. The summed E-state index contributed by atoms with van der Waals surface area (Å²) in [5.74, 6) is 0. The number of sulfonamides is 1. The number of hydrogen-bond donors (Lipinski definition) is 1. The second kappa shape index (κ2) is 7.42. The van der Waals surface area contributed by atoms with Crippen LogP contribution in [0.1, 0.15) is 31.7 Å². The van der Waals surface area contributed by atoms with Crippen LogP contribution in [0.3, 0.4) is 0 Å². The van der Waals surface area contributed by atoms with Gasteiger partial charge in [-0.25, -0.2) is 8.42 Å². The minimum atomic E-state index is -3.51. The number of anilines is 1. The predicted molar refractivity (Wildman–Crippen MR) is 92.5 cm³/mol. The lowest BCUT2D eigenvalue weighted by Crippen LogP contribution is -2.11. The Morgan fingerprint density at radius 1 is 1.14 bits per heavy atom. The third-order valence-electron chi connectivity index (χ3n) is 3.10.